The third-order valence-electron chi connectivity index (χ3n) is 4.86. The molecule has 3 N–H and O–H groups in total. The first-order valence-electron chi connectivity index (χ1n) is 9.66. The summed E-state index contributed by atoms with van der Waals surface area (Å²) < 4.78 is 28.3. The summed E-state index contributed by atoms with van der Waals surface area (Å²) in [5.41, 5.74) is 0.485. The lowest BCUT2D eigenvalue weighted by molar-refractivity contribution is 0.102. The maximum Gasteiger partial charge on any atom is 0.263 e. The Balaban J connectivity index is 1.84. The summed E-state index contributed by atoms with van der Waals surface area (Å²) in [6.45, 7) is 1.83. The van der Waals surface area contributed by atoms with E-state index >= 15 is 0 Å². The van der Waals surface area contributed by atoms with Gasteiger partial charge in [-0.25, -0.2) is 8.42 Å². The first kappa shape index (κ1) is 22.8. The van der Waals surface area contributed by atoms with Crippen molar-refractivity contribution in [1.29, 1.82) is 0 Å². The molecule has 0 aliphatic carbocycles. The number of carbonyl (C=O) groups excluding carboxylic acids is 1. The molecule has 1 amide bonds. The molecule has 4 aromatic rings. The third-order valence-corrected chi connectivity index (χ3v) is 6.71. The third kappa shape index (κ3) is 4.88. The number of carbonyl (C=O) groups is 1. The molecular formula is C23H17Cl2N3O4S. The number of halogens is 2. The standard InChI is InChI=1S/C23H17Cl2N3O4S/c1-13-2-9-17(10-3-13)33(31,32)28-22-20(23(30)26-16-7-4-14(24)5-8-16)21(29)18-12-15(25)6-11-19(18)27-22/h2-12H,1H3,(H,26,30)(H2,27,28,29). The normalized spacial score (nSPS) is 11.4. The molecule has 33 heavy (non-hydrogen) atoms. The number of aromatic amines is 1. The van der Waals surface area contributed by atoms with Crippen LogP contribution in [0, 0.1) is 6.92 Å². The summed E-state index contributed by atoms with van der Waals surface area (Å²) in [7, 11) is -4.10. The average molecular weight is 502 g/mol. The second kappa shape index (κ2) is 8.90. The number of fused-ring (bicyclic) bond motifs is 1. The first-order chi connectivity index (χ1) is 15.6. The molecule has 7 nitrogen and oxygen atoms in total. The zero-order chi connectivity index (χ0) is 23.8. The summed E-state index contributed by atoms with van der Waals surface area (Å²) >= 11 is 11.9. The van der Waals surface area contributed by atoms with E-state index in [1.807, 2.05) is 6.92 Å². The predicted octanol–water partition coefficient (Wildman–Crippen LogP) is 5.20. The van der Waals surface area contributed by atoms with Crippen molar-refractivity contribution in [3.63, 3.8) is 0 Å². The smallest absolute Gasteiger partial charge is 0.263 e. The number of sulfonamides is 1. The molecule has 0 aliphatic rings. The molecule has 0 fully saturated rings. The van der Waals surface area contributed by atoms with E-state index in [9.17, 15) is 18.0 Å². The zero-order valence-corrected chi connectivity index (χ0v) is 19.5. The van der Waals surface area contributed by atoms with E-state index in [4.69, 9.17) is 23.2 Å². The molecule has 10 heteroatoms. The van der Waals surface area contributed by atoms with Crippen LogP contribution in [0.15, 0.2) is 76.4 Å². The second-order valence-corrected chi connectivity index (χ2v) is 9.83. The van der Waals surface area contributed by atoms with Crippen LogP contribution in [0.25, 0.3) is 10.9 Å². The maximum atomic E-state index is 13.3. The van der Waals surface area contributed by atoms with Crippen LogP contribution in [-0.4, -0.2) is 19.3 Å². The van der Waals surface area contributed by atoms with Gasteiger partial charge in [-0.3, -0.25) is 14.3 Å². The van der Waals surface area contributed by atoms with Crippen molar-refractivity contribution >= 4 is 61.5 Å². The number of rotatable bonds is 5. The Bertz CT molecular complexity index is 1530. The van der Waals surface area contributed by atoms with Gasteiger partial charge in [0.25, 0.3) is 15.9 Å². The molecule has 3 aromatic carbocycles. The number of aryl methyl sites for hydroxylation is 1. The highest BCUT2D eigenvalue weighted by Gasteiger charge is 2.24. The zero-order valence-electron chi connectivity index (χ0n) is 17.1. The highest BCUT2D eigenvalue weighted by molar-refractivity contribution is 7.92. The van der Waals surface area contributed by atoms with E-state index in [1.165, 1.54) is 24.3 Å². The summed E-state index contributed by atoms with van der Waals surface area (Å²) in [4.78, 5) is 29.2. The van der Waals surface area contributed by atoms with Crippen LogP contribution < -0.4 is 15.5 Å². The summed E-state index contributed by atoms with van der Waals surface area (Å²) in [5.74, 6) is -1.07. The minimum atomic E-state index is -4.10. The number of anilines is 2. The largest absolute Gasteiger partial charge is 0.340 e. The minimum Gasteiger partial charge on any atom is -0.340 e. The quantitative estimate of drug-likeness (QED) is 0.349. The molecule has 0 spiro atoms. The molecule has 0 saturated heterocycles. The lowest BCUT2D eigenvalue weighted by Crippen LogP contribution is -2.26. The lowest BCUT2D eigenvalue weighted by atomic mass is 10.1. The van der Waals surface area contributed by atoms with Crippen molar-refractivity contribution < 1.29 is 13.2 Å². The maximum absolute atomic E-state index is 13.3. The van der Waals surface area contributed by atoms with Crippen LogP contribution in [0.2, 0.25) is 10.0 Å². The highest BCUT2D eigenvalue weighted by atomic mass is 35.5. The predicted molar refractivity (Wildman–Crippen MR) is 131 cm³/mol. The Morgan fingerprint density at radius 3 is 2.21 bits per heavy atom. The van der Waals surface area contributed by atoms with E-state index in [0.29, 0.717) is 21.2 Å². The molecule has 168 valence electrons. The van der Waals surface area contributed by atoms with E-state index in [1.54, 1.807) is 42.5 Å². The fourth-order valence-electron chi connectivity index (χ4n) is 3.19. The Kier molecular flexibility index (Phi) is 6.16. The fraction of sp³-hybridized carbons (Fsp3) is 0.0435. The molecular weight excluding hydrogens is 485 g/mol. The van der Waals surface area contributed by atoms with Gasteiger partial charge < -0.3 is 10.3 Å². The minimum absolute atomic E-state index is 0.0192. The van der Waals surface area contributed by atoms with E-state index < -0.39 is 26.9 Å². The van der Waals surface area contributed by atoms with Crippen LogP contribution in [0.5, 0.6) is 0 Å². The Morgan fingerprint density at radius 2 is 1.55 bits per heavy atom. The van der Waals surface area contributed by atoms with Crippen molar-refractivity contribution in [2.45, 2.75) is 11.8 Å². The molecule has 1 aromatic heterocycles. The Morgan fingerprint density at radius 1 is 0.909 bits per heavy atom. The molecule has 0 radical (unpaired) electrons. The molecule has 0 bridgehead atoms. The van der Waals surface area contributed by atoms with Gasteiger partial charge in [-0.1, -0.05) is 40.9 Å². The number of aromatic nitrogens is 1. The molecule has 0 aliphatic heterocycles. The van der Waals surface area contributed by atoms with Crippen molar-refractivity contribution in [3.05, 3.63) is 98.1 Å². The van der Waals surface area contributed by atoms with Crippen molar-refractivity contribution in [2.75, 3.05) is 10.0 Å². The fourth-order valence-corrected chi connectivity index (χ4v) is 4.52. The number of pyridine rings is 1. The molecule has 0 unspecified atom stereocenters. The van der Waals surface area contributed by atoms with E-state index in [2.05, 4.69) is 15.0 Å². The van der Waals surface area contributed by atoms with Gasteiger partial charge in [0.05, 0.1) is 10.4 Å². The second-order valence-electron chi connectivity index (χ2n) is 7.27. The monoisotopic (exact) mass is 501 g/mol. The van der Waals surface area contributed by atoms with Gasteiger partial charge in [-0.15, -0.1) is 0 Å². The summed E-state index contributed by atoms with van der Waals surface area (Å²) in [6, 6.07) is 16.9. The van der Waals surface area contributed by atoms with Crippen molar-refractivity contribution in [1.82, 2.24) is 4.98 Å². The summed E-state index contributed by atoms with van der Waals surface area (Å²) in [6.07, 6.45) is 0. The SMILES string of the molecule is Cc1ccc(S(=O)(=O)Nc2[nH]c3ccc(Cl)cc3c(=O)c2C(=O)Nc2ccc(Cl)cc2)cc1. The number of hydrogen-bond donors (Lipinski definition) is 3. The number of nitrogens with one attached hydrogen (secondary N) is 3. The summed E-state index contributed by atoms with van der Waals surface area (Å²) in [5, 5.41) is 3.50. The van der Waals surface area contributed by atoms with Gasteiger partial charge in [0.15, 0.2) is 0 Å². The van der Waals surface area contributed by atoms with Gasteiger partial charge in [0.2, 0.25) is 5.43 Å². The average Bonchev–Trinajstić information content (AvgIpc) is 2.76. The lowest BCUT2D eigenvalue weighted by Gasteiger charge is -2.14. The Hall–Kier alpha value is -3.33. The van der Waals surface area contributed by atoms with Crippen molar-refractivity contribution in [3.8, 4) is 0 Å². The van der Waals surface area contributed by atoms with Gasteiger partial charge in [-0.05, 0) is 61.5 Å². The highest BCUT2D eigenvalue weighted by Crippen LogP contribution is 2.23. The van der Waals surface area contributed by atoms with Crippen LogP contribution >= 0.6 is 23.2 Å². The number of benzene rings is 3. The Labute approximate surface area is 199 Å². The number of amides is 1. The topological polar surface area (TPSA) is 108 Å². The van der Waals surface area contributed by atoms with E-state index in [-0.39, 0.29) is 16.1 Å². The molecule has 1 heterocycles. The first-order valence-corrected chi connectivity index (χ1v) is 11.9. The van der Waals surface area contributed by atoms with Gasteiger partial charge >= 0.3 is 0 Å². The van der Waals surface area contributed by atoms with E-state index in [0.717, 1.165) is 5.56 Å². The number of H-pyrrole nitrogens is 1. The number of hydrogen-bond acceptors (Lipinski definition) is 4. The molecule has 0 saturated carbocycles. The van der Waals surface area contributed by atoms with Crippen LogP contribution in [-0.2, 0) is 10.0 Å². The molecule has 4 rings (SSSR count). The van der Waals surface area contributed by atoms with Gasteiger partial charge in [0, 0.05) is 21.1 Å². The van der Waals surface area contributed by atoms with Gasteiger partial charge in [0.1, 0.15) is 11.4 Å². The van der Waals surface area contributed by atoms with Crippen molar-refractivity contribution in [2.24, 2.45) is 0 Å². The molecule has 0 atom stereocenters. The van der Waals surface area contributed by atoms with Crippen LogP contribution in [0.4, 0.5) is 11.5 Å². The van der Waals surface area contributed by atoms with Gasteiger partial charge in [-0.2, -0.15) is 0 Å². The van der Waals surface area contributed by atoms with Crippen LogP contribution in [0.3, 0.4) is 0 Å². The van der Waals surface area contributed by atoms with Crippen LogP contribution in [0.1, 0.15) is 15.9 Å².